The minimum atomic E-state index is -3.28. The lowest BCUT2D eigenvalue weighted by atomic mass is 10.1. The van der Waals surface area contributed by atoms with Crippen LogP contribution in [0.1, 0.15) is 5.89 Å². The first-order valence-electron chi connectivity index (χ1n) is 9.14. The molecule has 30 heavy (non-hydrogen) atoms. The molecule has 0 unspecified atom stereocenters. The molecule has 7 heteroatoms. The zero-order valence-electron chi connectivity index (χ0n) is 16.1. The average molecular weight is 440 g/mol. The van der Waals surface area contributed by atoms with Crippen LogP contribution in [-0.4, -0.2) is 19.7 Å². The standard InChI is InChI=1S/C23H18ClNO4S/c1-30(26,27)20-13-7-17(8-14-20)23-22(16-5-3-2-4-6-16)25-21(29-23)15-28-19-11-9-18(24)10-12-19/h2-14H,15H2,1H3. The molecule has 0 radical (unpaired) electrons. The second-order valence-corrected chi connectivity index (χ2v) is 9.14. The summed E-state index contributed by atoms with van der Waals surface area (Å²) in [7, 11) is -3.28. The smallest absolute Gasteiger partial charge is 0.233 e. The summed E-state index contributed by atoms with van der Waals surface area (Å²) >= 11 is 5.90. The van der Waals surface area contributed by atoms with Crippen LogP contribution < -0.4 is 4.74 Å². The van der Waals surface area contributed by atoms with Crippen LogP contribution in [0.15, 0.2) is 88.2 Å². The molecule has 0 spiro atoms. The lowest BCUT2D eigenvalue weighted by Gasteiger charge is -2.03. The monoisotopic (exact) mass is 439 g/mol. The van der Waals surface area contributed by atoms with Crippen molar-refractivity contribution < 1.29 is 17.6 Å². The maximum absolute atomic E-state index is 11.8. The molecule has 0 aliphatic carbocycles. The van der Waals surface area contributed by atoms with Crippen LogP contribution in [0, 0.1) is 0 Å². The van der Waals surface area contributed by atoms with E-state index in [-0.39, 0.29) is 11.5 Å². The number of sulfone groups is 1. The van der Waals surface area contributed by atoms with E-state index in [9.17, 15) is 8.42 Å². The molecular weight excluding hydrogens is 422 g/mol. The first kappa shape index (κ1) is 20.2. The third-order valence-electron chi connectivity index (χ3n) is 4.44. The molecular formula is C23H18ClNO4S. The van der Waals surface area contributed by atoms with Gasteiger partial charge in [-0.15, -0.1) is 0 Å². The van der Waals surface area contributed by atoms with E-state index in [1.165, 1.54) is 6.26 Å². The predicted octanol–water partition coefficient (Wildman–Crippen LogP) is 5.64. The van der Waals surface area contributed by atoms with Gasteiger partial charge in [0.05, 0.1) is 4.90 Å². The zero-order valence-corrected chi connectivity index (χ0v) is 17.7. The number of ether oxygens (including phenoxy) is 1. The van der Waals surface area contributed by atoms with E-state index < -0.39 is 9.84 Å². The summed E-state index contributed by atoms with van der Waals surface area (Å²) in [4.78, 5) is 4.87. The van der Waals surface area contributed by atoms with Gasteiger partial charge in [0, 0.05) is 22.4 Å². The highest BCUT2D eigenvalue weighted by Gasteiger charge is 2.18. The number of aromatic nitrogens is 1. The Balaban J connectivity index is 1.68. The summed E-state index contributed by atoms with van der Waals surface area (Å²) in [6, 6.07) is 23.2. The number of benzene rings is 3. The van der Waals surface area contributed by atoms with Crippen molar-refractivity contribution in [2.75, 3.05) is 6.26 Å². The number of nitrogens with zero attached hydrogens (tertiary/aromatic N) is 1. The van der Waals surface area contributed by atoms with E-state index in [2.05, 4.69) is 4.98 Å². The van der Waals surface area contributed by atoms with Crippen LogP contribution in [0.3, 0.4) is 0 Å². The second-order valence-electron chi connectivity index (χ2n) is 6.69. The van der Waals surface area contributed by atoms with Crippen LogP contribution in [0.5, 0.6) is 5.75 Å². The first-order valence-corrected chi connectivity index (χ1v) is 11.4. The normalized spacial score (nSPS) is 11.4. The van der Waals surface area contributed by atoms with Crippen molar-refractivity contribution in [3.05, 3.63) is 89.8 Å². The third kappa shape index (κ3) is 4.56. The number of hydrogen-bond acceptors (Lipinski definition) is 5. The van der Waals surface area contributed by atoms with Gasteiger partial charge in [0.1, 0.15) is 11.4 Å². The molecule has 152 valence electrons. The summed E-state index contributed by atoms with van der Waals surface area (Å²) in [5, 5.41) is 0.629. The van der Waals surface area contributed by atoms with Gasteiger partial charge in [0.15, 0.2) is 22.2 Å². The van der Waals surface area contributed by atoms with Crippen molar-refractivity contribution in [3.63, 3.8) is 0 Å². The van der Waals surface area contributed by atoms with E-state index in [1.807, 2.05) is 30.3 Å². The number of oxazole rings is 1. The highest BCUT2D eigenvalue weighted by Crippen LogP contribution is 2.33. The molecule has 0 aliphatic heterocycles. The molecule has 0 aliphatic rings. The second kappa shape index (κ2) is 8.34. The van der Waals surface area contributed by atoms with E-state index in [0.717, 1.165) is 11.1 Å². The molecule has 0 N–H and O–H groups in total. The van der Waals surface area contributed by atoms with Crippen molar-refractivity contribution in [2.45, 2.75) is 11.5 Å². The fourth-order valence-electron chi connectivity index (χ4n) is 2.94. The molecule has 0 amide bonds. The van der Waals surface area contributed by atoms with Gasteiger partial charge in [0.25, 0.3) is 0 Å². The van der Waals surface area contributed by atoms with Crippen molar-refractivity contribution in [1.82, 2.24) is 4.98 Å². The molecule has 0 saturated heterocycles. The van der Waals surface area contributed by atoms with E-state index in [1.54, 1.807) is 48.5 Å². The lowest BCUT2D eigenvalue weighted by molar-refractivity contribution is 0.264. The Hall–Kier alpha value is -3.09. The molecule has 0 bridgehead atoms. The van der Waals surface area contributed by atoms with Crippen LogP contribution in [0.2, 0.25) is 5.02 Å². The van der Waals surface area contributed by atoms with Crippen molar-refractivity contribution in [1.29, 1.82) is 0 Å². The van der Waals surface area contributed by atoms with Gasteiger partial charge in [-0.25, -0.2) is 13.4 Å². The maximum Gasteiger partial charge on any atom is 0.233 e. The molecule has 5 nitrogen and oxygen atoms in total. The molecule has 0 atom stereocenters. The Morgan fingerprint density at radius 1 is 0.900 bits per heavy atom. The van der Waals surface area contributed by atoms with Gasteiger partial charge in [-0.3, -0.25) is 0 Å². The topological polar surface area (TPSA) is 69.4 Å². The quantitative estimate of drug-likeness (QED) is 0.388. The number of hydrogen-bond donors (Lipinski definition) is 0. The molecule has 1 aromatic heterocycles. The summed E-state index contributed by atoms with van der Waals surface area (Å²) in [5.74, 6) is 1.61. The van der Waals surface area contributed by atoms with Crippen LogP contribution in [-0.2, 0) is 16.4 Å². The predicted molar refractivity (Wildman–Crippen MR) is 116 cm³/mol. The highest BCUT2D eigenvalue weighted by molar-refractivity contribution is 7.90. The van der Waals surface area contributed by atoms with E-state index >= 15 is 0 Å². The summed E-state index contributed by atoms with van der Waals surface area (Å²) in [5.41, 5.74) is 2.28. The molecule has 1 heterocycles. The summed E-state index contributed by atoms with van der Waals surface area (Å²) in [6.45, 7) is 0.142. The van der Waals surface area contributed by atoms with Gasteiger partial charge in [-0.05, 0) is 48.5 Å². The summed E-state index contributed by atoms with van der Waals surface area (Å²) < 4.78 is 35.3. The molecule has 4 aromatic rings. The Kier molecular flexibility index (Phi) is 5.61. The van der Waals surface area contributed by atoms with Gasteiger partial charge in [-0.2, -0.15) is 0 Å². The van der Waals surface area contributed by atoms with Crippen molar-refractivity contribution in [3.8, 4) is 28.3 Å². The Morgan fingerprint density at radius 2 is 1.57 bits per heavy atom. The molecule has 3 aromatic carbocycles. The minimum absolute atomic E-state index is 0.142. The Labute approximate surface area is 179 Å². The van der Waals surface area contributed by atoms with Crippen molar-refractivity contribution >= 4 is 21.4 Å². The van der Waals surface area contributed by atoms with Crippen LogP contribution >= 0.6 is 11.6 Å². The zero-order chi connectivity index (χ0) is 21.1. The van der Waals surface area contributed by atoms with E-state index in [4.69, 9.17) is 20.8 Å². The van der Waals surface area contributed by atoms with Gasteiger partial charge in [0.2, 0.25) is 5.89 Å². The summed E-state index contributed by atoms with van der Waals surface area (Å²) in [6.07, 6.45) is 1.18. The lowest BCUT2D eigenvalue weighted by Crippen LogP contribution is -1.96. The van der Waals surface area contributed by atoms with Crippen LogP contribution in [0.25, 0.3) is 22.6 Å². The SMILES string of the molecule is CS(=O)(=O)c1ccc(-c2oc(COc3ccc(Cl)cc3)nc2-c2ccccc2)cc1. The maximum atomic E-state index is 11.8. The highest BCUT2D eigenvalue weighted by atomic mass is 35.5. The van der Waals surface area contributed by atoms with Crippen LogP contribution in [0.4, 0.5) is 0 Å². The largest absolute Gasteiger partial charge is 0.484 e. The number of halogens is 1. The Bertz CT molecular complexity index is 1250. The van der Waals surface area contributed by atoms with Gasteiger partial charge >= 0.3 is 0 Å². The first-order chi connectivity index (χ1) is 14.4. The average Bonchev–Trinajstić information content (AvgIpc) is 3.18. The third-order valence-corrected chi connectivity index (χ3v) is 5.82. The molecule has 0 saturated carbocycles. The van der Waals surface area contributed by atoms with Gasteiger partial charge < -0.3 is 9.15 Å². The number of rotatable bonds is 6. The minimum Gasteiger partial charge on any atom is -0.484 e. The van der Waals surface area contributed by atoms with Crippen molar-refractivity contribution in [2.24, 2.45) is 0 Å². The fourth-order valence-corrected chi connectivity index (χ4v) is 3.70. The molecule has 4 rings (SSSR count). The molecule has 0 fully saturated rings. The van der Waals surface area contributed by atoms with Gasteiger partial charge in [-0.1, -0.05) is 41.9 Å². The Morgan fingerprint density at radius 3 is 2.20 bits per heavy atom. The van der Waals surface area contributed by atoms with E-state index in [0.29, 0.717) is 28.1 Å². The fraction of sp³-hybridized carbons (Fsp3) is 0.0870.